The van der Waals surface area contributed by atoms with Crippen LogP contribution in [-0.4, -0.2) is 29.3 Å². The molecule has 0 bridgehead atoms. The predicted molar refractivity (Wildman–Crippen MR) is 79.6 cm³/mol. The van der Waals surface area contributed by atoms with E-state index in [1.807, 2.05) is 24.3 Å². The number of nitrogens with zero attached hydrogens (tertiary/aromatic N) is 2. The molecule has 0 radical (unpaired) electrons. The maximum Gasteiger partial charge on any atom is 0.241 e. The summed E-state index contributed by atoms with van der Waals surface area (Å²) in [7, 11) is 1.64. The van der Waals surface area contributed by atoms with Gasteiger partial charge in [0.1, 0.15) is 12.3 Å². The summed E-state index contributed by atoms with van der Waals surface area (Å²) in [5, 5.41) is 6.91. The first-order chi connectivity index (χ1) is 9.67. The van der Waals surface area contributed by atoms with Crippen molar-refractivity contribution in [1.82, 2.24) is 15.1 Å². The molecule has 0 saturated carbocycles. The summed E-state index contributed by atoms with van der Waals surface area (Å²) in [5.41, 5.74) is 1.16. The first-order valence-electron chi connectivity index (χ1n) is 6.25. The number of aromatic nitrogens is 2. The lowest BCUT2D eigenvalue weighted by Gasteiger charge is -2.06. The minimum Gasteiger partial charge on any atom is -0.497 e. The first-order valence-corrected chi connectivity index (χ1v) is 7.04. The number of benzene rings is 1. The Morgan fingerprint density at radius 3 is 2.75 bits per heavy atom. The summed E-state index contributed by atoms with van der Waals surface area (Å²) < 4.78 is 7.55. The van der Waals surface area contributed by atoms with Gasteiger partial charge in [0.25, 0.3) is 0 Å². The average molecular weight is 338 g/mol. The Kier molecular flexibility index (Phi) is 5.17. The summed E-state index contributed by atoms with van der Waals surface area (Å²) in [6.07, 6.45) is 4.21. The number of amides is 1. The lowest BCUT2D eigenvalue weighted by molar-refractivity contribution is -0.121. The van der Waals surface area contributed by atoms with Crippen LogP contribution in [0.4, 0.5) is 0 Å². The summed E-state index contributed by atoms with van der Waals surface area (Å²) in [6, 6.07) is 7.82. The van der Waals surface area contributed by atoms with Crippen molar-refractivity contribution in [3.63, 3.8) is 0 Å². The average Bonchev–Trinajstić information content (AvgIpc) is 2.85. The zero-order chi connectivity index (χ0) is 14.4. The highest BCUT2D eigenvalue weighted by Gasteiger charge is 2.03. The van der Waals surface area contributed by atoms with E-state index < -0.39 is 0 Å². The van der Waals surface area contributed by atoms with Crippen molar-refractivity contribution in [2.45, 2.75) is 13.0 Å². The van der Waals surface area contributed by atoms with E-state index in [4.69, 9.17) is 4.74 Å². The van der Waals surface area contributed by atoms with Gasteiger partial charge in [0, 0.05) is 12.7 Å². The third-order valence-corrected chi connectivity index (χ3v) is 3.21. The molecule has 0 fully saturated rings. The Balaban J connectivity index is 1.73. The highest BCUT2D eigenvalue weighted by Crippen LogP contribution is 2.11. The number of nitrogens with one attached hydrogen (secondary N) is 1. The number of rotatable bonds is 6. The van der Waals surface area contributed by atoms with Crippen LogP contribution in [0.5, 0.6) is 5.75 Å². The number of carbonyl (C=O) groups excluding carboxylic acids is 1. The number of halogens is 1. The lowest BCUT2D eigenvalue weighted by Crippen LogP contribution is -2.29. The van der Waals surface area contributed by atoms with Gasteiger partial charge in [-0.15, -0.1) is 0 Å². The topological polar surface area (TPSA) is 56.1 Å². The highest BCUT2D eigenvalue weighted by molar-refractivity contribution is 9.10. The molecule has 0 atom stereocenters. The van der Waals surface area contributed by atoms with Crippen LogP contribution in [0.25, 0.3) is 0 Å². The van der Waals surface area contributed by atoms with Crippen LogP contribution in [0.2, 0.25) is 0 Å². The Morgan fingerprint density at radius 2 is 2.15 bits per heavy atom. The zero-order valence-electron chi connectivity index (χ0n) is 11.2. The van der Waals surface area contributed by atoms with Gasteiger partial charge < -0.3 is 10.1 Å². The summed E-state index contributed by atoms with van der Waals surface area (Å²) in [4.78, 5) is 11.7. The van der Waals surface area contributed by atoms with Crippen molar-refractivity contribution < 1.29 is 9.53 Å². The fourth-order valence-electron chi connectivity index (χ4n) is 1.77. The van der Waals surface area contributed by atoms with Crippen LogP contribution in [0.15, 0.2) is 41.1 Å². The minimum atomic E-state index is -0.0471. The molecule has 1 N–H and O–H groups in total. The molecule has 1 aromatic carbocycles. The molecule has 106 valence electrons. The fraction of sp³-hybridized carbons (Fsp3) is 0.286. The molecule has 6 heteroatoms. The molecule has 0 spiro atoms. The van der Waals surface area contributed by atoms with E-state index in [2.05, 4.69) is 26.3 Å². The second-order valence-corrected chi connectivity index (χ2v) is 5.22. The molecule has 1 heterocycles. The smallest absolute Gasteiger partial charge is 0.241 e. The molecule has 1 aromatic heterocycles. The lowest BCUT2D eigenvalue weighted by atomic mass is 10.1. The monoisotopic (exact) mass is 337 g/mol. The van der Waals surface area contributed by atoms with Gasteiger partial charge in [-0.05, 0) is 40.0 Å². The van der Waals surface area contributed by atoms with Crippen molar-refractivity contribution in [3.05, 3.63) is 46.7 Å². The quantitative estimate of drug-likeness (QED) is 0.877. The molecule has 0 aliphatic rings. The van der Waals surface area contributed by atoms with E-state index in [0.29, 0.717) is 6.54 Å². The van der Waals surface area contributed by atoms with Crippen LogP contribution in [0, 0.1) is 0 Å². The van der Waals surface area contributed by atoms with Crippen LogP contribution in [0.1, 0.15) is 5.56 Å². The maximum absolute atomic E-state index is 11.7. The number of carbonyl (C=O) groups is 1. The zero-order valence-corrected chi connectivity index (χ0v) is 12.8. The van der Waals surface area contributed by atoms with E-state index in [9.17, 15) is 4.79 Å². The van der Waals surface area contributed by atoms with Crippen molar-refractivity contribution in [2.24, 2.45) is 0 Å². The first kappa shape index (κ1) is 14.6. The van der Waals surface area contributed by atoms with Gasteiger partial charge in [-0.3, -0.25) is 9.48 Å². The second kappa shape index (κ2) is 7.09. The Hall–Kier alpha value is -1.82. The van der Waals surface area contributed by atoms with Gasteiger partial charge in [-0.25, -0.2) is 0 Å². The SMILES string of the molecule is COc1ccc(CCNC(=O)Cn2cc(Br)cn2)cc1. The van der Waals surface area contributed by atoms with Gasteiger partial charge in [0.05, 0.1) is 17.8 Å². The molecule has 20 heavy (non-hydrogen) atoms. The summed E-state index contributed by atoms with van der Waals surface area (Å²) >= 11 is 3.29. The molecular weight excluding hydrogens is 322 g/mol. The van der Waals surface area contributed by atoms with Crippen LogP contribution < -0.4 is 10.1 Å². The van der Waals surface area contributed by atoms with E-state index in [1.54, 1.807) is 24.2 Å². The second-order valence-electron chi connectivity index (χ2n) is 4.30. The van der Waals surface area contributed by atoms with Crippen LogP contribution in [0.3, 0.4) is 0 Å². The number of ether oxygens (including phenoxy) is 1. The molecule has 0 unspecified atom stereocenters. The Morgan fingerprint density at radius 1 is 1.40 bits per heavy atom. The predicted octanol–water partition coefficient (Wildman–Crippen LogP) is 2.01. The van der Waals surface area contributed by atoms with Gasteiger partial charge in [-0.2, -0.15) is 5.10 Å². The Bertz CT molecular complexity index is 566. The number of hydrogen-bond acceptors (Lipinski definition) is 3. The van der Waals surface area contributed by atoms with Gasteiger partial charge in [0.2, 0.25) is 5.91 Å². The third-order valence-electron chi connectivity index (χ3n) is 2.80. The van der Waals surface area contributed by atoms with Crippen LogP contribution >= 0.6 is 15.9 Å². The van der Waals surface area contributed by atoms with Crippen molar-refractivity contribution in [1.29, 1.82) is 0 Å². The summed E-state index contributed by atoms with van der Waals surface area (Å²) in [5.74, 6) is 0.788. The van der Waals surface area contributed by atoms with Crippen molar-refractivity contribution in [2.75, 3.05) is 13.7 Å². The molecule has 0 aliphatic heterocycles. The molecule has 0 saturated heterocycles. The Labute approximate surface area is 126 Å². The molecule has 0 aliphatic carbocycles. The summed E-state index contributed by atoms with van der Waals surface area (Å²) in [6.45, 7) is 0.835. The maximum atomic E-state index is 11.7. The molecule has 2 aromatic rings. The third kappa shape index (κ3) is 4.38. The van der Waals surface area contributed by atoms with E-state index >= 15 is 0 Å². The fourth-order valence-corrected chi connectivity index (χ4v) is 2.09. The van der Waals surface area contributed by atoms with Crippen molar-refractivity contribution >= 4 is 21.8 Å². The standard InChI is InChI=1S/C14H16BrN3O2/c1-20-13-4-2-11(3-5-13)6-7-16-14(19)10-18-9-12(15)8-17-18/h2-5,8-9H,6-7,10H2,1H3,(H,16,19). The van der Waals surface area contributed by atoms with E-state index in [0.717, 1.165) is 22.2 Å². The molecular formula is C14H16BrN3O2. The van der Waals surface area contributed by atoms with Gasteiger partial charge in [0.15, 0.2) is 0 Å². The van der Waals surface area contributed by atoms with E-state index in [1.165, 1.54) is 0 Å². The van der Waals surface area contributed by atoms with E-state index in [-0.39, 0.29) is 12.5 Å². The number of hydrogen-bond donors (Lipinski definition) is 1. The van der Waals surface area contributed by atoms with Crippen molar-refractivity contribution in [3.8, 4) is 5.75 Å². The molecule has 2 rings (SSSR count). The number of methoxy groups -OCH3 is 1. The van der Waals surface area contributed by atoms with Gasteiger partial charge in [-0.1, -0.05) is 12.1 Å². The van der Waals surface area contributed by atoms with Crippen LogP contribution in [-0.2, 0) is 17.8 Å². The van der Waals surface area contributed by atoms with Gasteiger partial charge >= 0.3 is 0 Å². The largest absolute Gasteiger partial charge is 0.497 e. The molecule has 5 nitrogen and oxygen atoms in total. The normalized spacial score (nSPS) is 10.3. The minimum absolute atomic E-state index is 0.0471. The molecule has 1 amide bonds. The highest BCUT2D eigenvalue weighted by atomic mass is 79.9.